The number of nitrogens with zero attached hydrogens (tertiary/aromatic N) is 1. The Morgan fingerprint density at radius 2 is 1.69 bits per heavy atom. The summed E-state index contributed by atoms with van der Waals surface area (Å²) in [5, 5.41) is 3.05. The van der Waals surface area contributed by atoms with Gasteiger partial charge < -0.3 is 10.2 Å². The van der Waals surface area contributed by atoms with E-state index in [0.717, 1.165) is 5.69 Å². The molecule has 7 heteroatoms. The molecule has 2 aromatic carbocycles. The number of halogens is 1. The molecule has 0 atom stereocenters. The predicted octanol–water partition coefficient (Wildman–Crippen LogP) is 4.80. The molecule has 2 aliphatic rings. The maximum absolute atomic E-state index is 13.1. The van der Waals surface area contributed by atoms with Gasteiger partial charge in [0.2, 0.25) is 5.91 Å². The first-order valence-electron chi connectivity index (χ1n) is 9.79. The summed E-state index contributed by atoms with van der Waals surface area (Å²) in [6.45, 7) is 1.06. The van der Waals surface area contributed by atoms with Crippen LogP contribution in [0.25, 0.3) is 0 Å². The Labute approximate surface area is 178 Å². The van der Waals surface area contributed by atoms with Crippen molar-refractivity contribution in [3.63, 3.8) is 0 Å². The van der Waals surface area contributed by atoms with Gasteiger partial charge in [0, 0.05) is 41.8 Å². The number of nitrogens with one attached hydrogen (secondary N) is 1. The molecule has 0 aromatic heterocycles. The molecule has 1 N–H and O–H groups in total. The van der Waals surface area contributed by atoms with Gasteiger partial charge in [0.05, 0.1) is 4.58 Å². The molecule has 0 aliphatic carbocycles. The van der Waals surface area contributed by atoms with Gasteiger partial charge in [0.15, 0.2) is 0 Å². The lowest BCUT2D eigenvalue weighted by Crippen LogP contribution is -2.41. The van der Waals surface area contributed by atoms with Crippen LogP contribution in [0.3, 0.4) is 0 Å². The highest BCUT2D eigenvalue weighted by atomic mass is 32.2. The lowest BCUT2D eigenvalue weighted by Gasteiger charge is -2.31. The molecule has 2 heterocycles. The van der Waals surface area contributed by atoms with E-state index in [4.69, 9.17) is 0 Å². The number of benzene rings is 2. The molecule has 2 saturated heterocycles. The van der Waals surface area contributed by atoms with Gasteiger partial charge in [-0.1, -0.05) is 12.1 Å². The minimum Gasteiger partial charge on any atom is -0.339 e. The number of likely N-dealkylation sites (tertiary alicyclic amines) is 1. The van der Waals surface area contributed by atoms with E-state index in [0.29, 0.717) is 36.1 Å². The van der Waals surface area contributed by atoms with E-state index in [-0.39, 0.29) is 23.5 Å². The standard InChI is InChI=1S/C22H23FN2O2S2/c23-18-6-4-16(5-7-18)21(27)25-10-8-15(9-11-25)20(26)24-19-3-1-2-17(14-19)22-28-12-13-29-22/h1-7,14-15,22H,8-13H2,(H,24,26). The molecule has 2 amide bonds. The fraction of sp³-hybridized carbons (Fsp3) is 0.364. The van der Waals surface area contributed by atoms with Crippen molar-refractivity contribution in [3.05, 3.63) is 65.5 Å². The van der Waals surface area contributed by atoms with E-state index < -0.39 is 0 Å². The molecule has 0 unspecified atom stereocenters. The highest BCUT2D eigenvalue weighted by Gasteiger charge is 2.28. The van der Waals surface area contributed by atoms with Crippen molar-refractivity contribution in [1.82, 2.24) is 4.90 Å². The molecule has 152 valence electrons. The van der Waals surface area contributed by atoms with Gasteiger partial charge in [-0.2, -0.15) is 0 Å². The van der Waals surface area contributed by atoms with Gasteiger partial charge in [0.25, 0.3) is 5.91 Å². The number of rotatable bonds is 4. The third kappa shape index (κ3) is 4.95. The molecule has 0 spiro atoms. The second-order valence-electron chi connectivity index (χ2n) is 7.26. The number of carbonyl (C=O) groups excluding carboxylic acids is 2. The Morgan fingerprint density at radius 3 is 2.38 bits per heavy atom. The molecular formula is C22H23FN2O2S2. The summed E-state index contributed by atoms with van der Waals surface area (Å²) in [7, 11) is 0. The smallest absolute Gasteiger partial charge is 0.253 e. The number of piperidine rings is 1. The second kappa shape index (κ2) is 9.22. The quantitative estimate of drug-likeness (QED) is 0.757. The van der Waals surface area contributed by atoms with Crippen molar-refractivity contribution in [2.75, 3.05) is 29.9 Å². The van der Waals surface area contributed by atoms with Crippen molar-refractivity contribution in [1.29, 1.82) is 0 Å². The van der Waals surface area contributed by atoms with Gasteiger partial charge in [-0.25, -0.2) is 4.39 Å². The molecule has 4 rings (SSSR count). The van der Waals surface area contributed by atoms with Crippen molar-refractivity contribution in [2.45, 2.75) is 17.4 Å². The van der Waals surface area contributed by atoms with Crippen molar-refractivity contribution >= 4 is 41.0 Å². The molecule has 0 bridgehead atoms. The Hall–Kier alpha value is -1.99. The lowest BCUT2D eigenvalue weighted by atomic mass is 9.95. The van der Waals surface area contributed by atoms with E-state index in [1.807, 2.05) is 35.7 Å². The van der Waals surface area contributed by atoms with Crippen LogP contribution in [0, 0.1) is 11.7 Å². The summed E-state index contributed by atoms with van der Waals surface area (Å²) in [4.78, 5) is 27.0. The summed E-state index contributed by atoms with van der Waals surface area (Å²) in [6.07, 6.45) is 1.26. The van der Waals surface area contributed by atoms with Gasteiger partial charge in [-0.15, -0.1) is 23.5 Å². The van der Waals surface area contributed by atoms with Crippen LogP contribution in [0.4, 0.5) is 10.1 Å². The second-order valence-corrected chi connectivity index (χ2v) is 9.99. The van der Waals surface area contributed by atoms with Crippen LogP contribution in [-0.4, -0.2) is 41.3 Å². The summed E-state index contributed by atoms with van der Waals surface area (Å²) in [6, 6.07) is 13.7. The minimum atomic E-state index is -0.355. The average Bonchev–Trinajstić information content (AvgIpc) is 3.29. The zero-order valence-corrected chi connectivity index (χ0v) is 17.6. The highest BCUT2D eigenvalue weighted by Crippen LogP contribution is 2.45. The number of hydrogen-bond donors (Lipinski definition) is 1. The van der Waals surface area contributed by atoms with E-state index in [9.17, 15) is 14.0 Å². The van der Waals surface area contributed by atoms with Gasteiger partial charge in [0.1, 0.15) is 5.82 Å². The number of carbonyl (C=O) groups is 2. The van der Waals surface area contributed by atoms with Gasteiger partial charge >= 0.3 is 0 Å². The minimum absolute atomic E-state index is 0.0164. The van der Waals surface area contributed by atoms with Crippen LogP contribution in [0.1, 0.15) is 33.3 Å². The zero-order chi connectivity index (χ0) is 20.2. The topological polar surface area (TPSA) is 49.4 Å². The van der Waals surface area contributed by atoms with Crippen LogP contribution in [0.2, 0.25) is 0 Å². The van der Waals surface area contributed by atoms with Crippen molar-refractivity contribution < 1.29 is 14.0 Å². The fourth-order valence-corrected chi connectivity index (χ4v) is 6.52. The van der Waals surface area contributed by atoms with E-state index in [2.05, 4.69) is 17.4 Å². The van der Waals surface area contributed by atoms with Crippen LogP contribution in [0.5, 0.6) is 0 Å². The molecule has 29 heavy (non-hydrogen) atoms. The SMILES string of the molecule is O=C(Nc1cccc(C2SCCS2)c1)C1CCN(C(=O)c2ccc(F)cc2)CC1. The maximum Gasteiger partial charge on any atom is 0.253 e. The number of hydrogen-bond acceptors (Lipinski definition) is 4. The lowest BCUT2D eigenvalue weighted by molar-refractivity contribution is -0.121. The molecule has 0 saturated carbocycles. The Balaban J connectivity index is 1.31. The third-order valence-corrected chi connectivity index (χ3v) is 8.40. The van der Waals surface area contributed by atoms with Crippen LogP contribution < -0.4 is 5.32 Å². The first-order chi connectivity index (χ1) is 14.1. The molecule has 0 radical (unpaired) electrons. The Kier molecular flexibility index (Phi) is 6.45. The van der Waals surface area contributed by atoms with Crippen LogP contribution in [0.15, 0.2) is 48.5 Å². The molecule has 2 fully saturated rings. The van der Waals surface area contributed by atoms with Crippen molar-refractivity contribution in [2.24, 2.45) is 5.92 Å². The molecule has 4 nitrogen and oxygen atoms in total. The number of amides is 2. The van der Waals surface area contributed by atoms with Crippen LogP contribution in [-0.2, 0) is 4.79 Å². The molecule has 2 aliphatic heterocycles. The van der Waals surface area contributed by atoms with Crippen LogP contribution >= 0.6 is 23.5 Å². The third-order valence-electron chi connectivity index (χ3n) is 5.29. The summed E-state index contributed by atoms with van der Waals surface area (Å²) in [5.74, 6) is 1.78. The van der Waals surface area contributed by atoms with E-state index in [1.54, 1.807) is 4.90 Å². The predicted molar refractivity (Wildman–Crippen MR) is 118 cm³/mol. The summed E-state index contributed by atoms with van der Waals surface area (Å²) < 4.78 is 13.5. The van der Waals surface area contributed by atoms with E-state index >= 15 is 0 Å². The Morgan fingerprint density at radius 1 is 1.00 bits per heavy atom. The van der Waals surface area contributed by atoms with Gasteiger partial charge in [-0.3, -0.25) is 9.59 Å². The highest BCUT2D eigenvalue weighted by molar-refractivity contribution is 8.19. The summed E-state index contributed by atoms with van der Waals surface area (Å²) in [5.41, 5.74) is 2.56. The number of thioether (sulfide) groups is 2. The van der Waals surface area contributed by atoms with Crippen molar-refractivity contribution in [3.8, 4) is 0 Å². The average molecular weight is 431 g/mol. The maximum atomic E-state index is 13.1. The largest absolute Gasteiger partial charge is 0.339 e. The van der Waals surface area contributed by atoms with Gasteiger partial charge in [-0.05, 0) is 54.8 Å². The first kappa shape index (κ1) is 20.3. The molecule has 2 aromatic rings. The molecular weight excluding hydrogens is 407 g/mol. The normalized spacial score (nSPS) is 18.0. The monoisotopic (exact) mass is 430 g/mol. The first-order valence-corrected chi connectivity index (χ1v) is 11.9. The van der Waals surface area contributed by atoms with E-state index in [1.165, 1.54) is 41.3 Å². The summed E-state index contributed by atoms with van der Waals surface area (Å²) >= 11 is 3.89. The number of anilines is 1. The fourth-order valence-electron chi connectivity index (χ4n) is 3.68. The Bertz CT molecular complexity index is 877. The zero-order valence-electron chi connectivity index (χ0n) is 16.0.